The predicted octanol–water partition coefficient (Wildman–Crippen LogP) is 4.34. The molecule has 0 unspecified atom stereocenters. The van der Waals surface area contributed by atoms with Gasteiger partial charge in [-0.25, -0.2) is 4.52 Å². The second-order valence-corrected chi connectivity index (χ2v) is 9.02. The number of rotatable bonds is 7. The van der Waals surface area contributed by atoms with Crippen LogP contribution in [0.5, 0.6) is 11.5 Å². The number of amides is 1. The van der Waals surface area contributed by atoms with Crippen molar-refractivity contribution in [3.8, 4) is 22.8 Å². The molecule has 2 aromatic heterocycles. The van der Waals surface area contributed by atoms with E-state index in [1.54, 1.807) is 0 Å². The molecule has 9 nitrogen and oxygen atoms in total. The lowest BCUT2D eigenvalue weighted by Crippen LogP contribution is -2.25. The monoisotopic (exact) mass is 484 g/mol. The van der Waals surface area contributed by atoms with Crippen LogP contribution < -0.4 is 20.1 Å². The first kappa shape index (κ1) is 22.4. The minimum absolute atomic E-state index is 0.0382. The lowest BCUT2D eigenvalue weighted by atomic mass is 10.1. The van der Waals surface area contributed by atoms with E-state index in [-0.39, 0.29) is 5.91 Å². The van der Waals surface area contributed by atoms with E-state index in [1.807, 2.05) is 65.2 Å². The number of fused-ring (bicyclic) bond motifs is 2. The fraction of sp³-hybridized carbons (Fsp3) is 0.296. The Hall–Kier alpha value is -4.11. The molecule has 2 aliphatic rings. The lowest BCUT2D eigenvalue weighted by molar-refractivity contribution is -0.116. The molecule has 36 heavy (non-hydrogen) atoms. The molecule has 6 rings (SSSR count). The molecule has 0 aliphatic carbocycles. The van der Waals surface area contributed by atoms with E-state index < -0.39 is 0 Å². The molecule has 0 bridgehead atoms. The quantitative estimate of drug-likeness (QED) is 0.403. The van der Waals surface area contributed by atoms with Crippen molar-refractivity contribution in [2.24, 2.45) is 0 Å². The van der Waals surface area contributed by atoms with Crippen LogP contribution in [0.15, 0.2) is 60.7 Å². The molecule has 0 spiro atoms. The van der Waals surface area contributed by atoms with Gasteiger partial charge in [-0.05, 0) is 80.5 Å². The van der Waals surface area contributed by atoms with Crippen LogP contribution in [0.1, 0.15) is 19.3 Å². The maximum Gasteiger partial charge on any atom is 0.247 e. The van der Waals surface area contributed by atoms with Gasteiger partial charge in [-0.3, -0.25) is 4.79 Å². The smallest absolute Gasteiger partial charge is 0.247 e. The number of hydrogen-bond acceptors (Lipinski definition) is 7. The number of anilines is 3. The molecule has 4 aromatic rings. The van der Waals surface area contributed by atoms with Gasteiger partial charge in [0.15, 0.2) is 17.1 Å². The summed E-state index contributed by atoms with van der Waals surface area (Å²) in [6.07, 6.45) is 2.98. The normalized spacial score (nSPS) is 15.2. The van der Waals surface area contributed by atoms with E-state index in [2.05, 4.69) is 25.6 Å². The number of ether oxygens (including phenoxy) is 2. The zero-order valence-corrected chi connectivity index (χ0v) is 19.9. The van der Waals surface area contributed by atoms with Gasteiger partial charge in [-0.15, -0.1) is 5.10 Å². The first-order chi connectivity index (χ1) is 17.7. The first-order valence-corrected chi connectivity index (χ1v) is 12.4. The molecule has 4 heterocycles. The summed E-state index contributed by atoms with van der Waals surface area (Å²) >= 11 is 0. The lowest BCUT2D eigenvalue weighted by Gasteiger charge is -2.19. The predicted molar refractivity (Wildman–Crippen MR) is 138 cm³/mol. The third-order valence-electron chi connectivity index (χ3n) is 6.48. The first-order valence-electron chi connectivity index (χ1n) is 12.4. The van der Waals surface area contributed by atoms with Crippen molar-refractivity contribution in [1.29, 1.82) is 0 Å². The average Bonchev–Trinajstić information content (AvgIpc) is 3.58. The molecule has 9 heteroatoms. The van der Waals surface area contributed by atoms with Crippen molar-refractivity contribution in [3.05, 3.63) is 60.7 Å². The third-order valence-corrected chi connectivity index (χ3v) is 6.48. The van der Waals surface area contributed by atoms with Crippen LogP contribution in [-0.2, 0) is 4.79 Å². The Morgan fingerprint density at radius 2 is 1.69 bits per heavy atom. The number of carbonyl (C=O) groups excluding carboxylic acids is 1. The van der Waals surface area contributed by atoms with E-state index in [4.69, 9.17) is 9.47 Å². The molecular formula is C27H28N6O3. The number of benzene rings is 2. The van der Waals surface area contributed by atoms with E-state index in [9.17, 15) is 4.79 Å². The van der Waals surface area contributed by atoms with E-state index in [1.165, 1.54) is 12.8 Å². The van der Waals surface area contributed by atoms with Gasteiger partial charge in [-0.1, -0.05) is 6.07 Å². The van der Waals surface area contributed by atoms with Gasteiger partial charge in [0.25, 0.3) is 0 Å². The SMILES string of the molecule is O=C(CCN1CCCC1)Nc1ccc(Nc2nc3cccc(-c4ccc5c(c4)OCCO5)n3n2)cc1. The van der Waals surface area contributed by atoms with Crippen LogP contribution in [0.4, 0.5) is 17.3 Å². The highest BCUT2D eigenvalue weighted by atomic mass is 16.6. The molecule has 0 saturated carbocycles. The second kappa shape index (κ2) is 9.87. The van der Waals surface area contributed by atoms with Crippen LogP contribution in [0.25, 0.3) is 16.9 Å². The molecule has 184 valence electrons. The van der Waals surface area contributed by atoms with Crippen molar-refractivity contribution in [3.63, 3.8) is 0 Å². The number of likely N-dealkylation sites (tertiary alicyclic amines) is 1. The highest BCUT2D eigenvalue weighted by Gasteiger charge is 2.16. The van der Waals surface area contributed by atoms with Gasteiger partial charge >= 0.3 is 0 Å². The summed E-state index contributed by atoms with van der Waals surface area (Å²) in [6.45, 7) is 4.12. The van der Waals surface area contributed by atoms with Crippen LogP contribution >= 0.6 is 0 Å². The van der Waals surface area contributed by atoms with Gasteiger partial charge < -0.3 is 25.0 Å². The minimum atomic E-state index is 0.0382. The Bertz CT molecular complexity index is 1380. The molecule has 2 aromatic carbocycles. The maximum atomic E-state index is 12.3. The summed E-state index contributed by atoms with van der Waals surface area (Å²) in [5, 5.41) is 10.9. The van der Waals surface area contributed by atoms with Gasteiger partial charge in [0, 0.05) is 29.9 Å². The van der Waals surface area contributed by atoms with Crippen LogP contribution in [0, 0.1) is 0 Å². The highest BCUT2D eigenvalue weighted by Crippen LogP contribution is 2.34. The molecule has 0 radical (unpaired) electrons. The number of hydrogen-bond donors (Lipinski definition) is 2. The Kier molecular flexibility index (Phi) is 6.13. The van der Waals surface area contributed by atoms with Crippen LogP contribution in [0.2, 0.25) is 0 Å². The van der Waals surface area contributed by atoms with Gasteiger partial charge in [0.05, 0.1) is 5.69 Å². The van der Waals surface area contributed by atoms with Crippen molar-refractivity contribution in [1.82, 2.24) is 19.5 Å². The standard InChI is InChI=1S/C27H28N6O3/c34-26(12-15-32-13-1-2-14-32)28-20-7-9-21(10-8-20)29-27-30-25-5-3-4-22(33(25)31-27)19-6-11-23-24(18-19)36-17-16-35-23/h3-11,18H,1-2,12-17H2,(H,28,34)(H,29,31). The zero-order chi connectivity index (χ0) is 24.3. The zero-order valence-electron chi connectivity index (χ0n) is 19.9. The molecule has 2 aliphatic heterocycles. The summed E-state index contributed by atoms with van der Waals surface area (Å²) in [5.74, 6) is 2.01. The molecule has 1 amide bonds. The summed E-state index contributed by atoms with van der Waals surface area (Å²) in [7, 11) is 0. The van der Waals surface area contributed by atoms with Gasteiger partial charge in [-0.2, -0.15) is 4.98 Å². The Balaban J connectivity index is 1.14. The summed E-state index contributed by atoms with van der Waals surface area (Å²) in [5.41, 5.74) is 4.20. The fourth-order valence-electron chi connectivity index (χ4n) is 4.63. The highest BCUT2D eigenvalue weighted by molar-refractivity contribution is 5.91. The molecule has 1 fully saturated rings. The number of pyridine rings is 1. The summed E-state index contributed by atoms with van der Waals surface area (Å²) in [4.78, 5) is 19.2. The Morgan fingerprint density at radius 1 is 0.917 bits per heavy atom. The van der Waals surface area contributed by atoms with E-state index >= 15 is 0 Å². The number of nitrogens with zero attached hydrogens (tertiary/aromatic N) is 4. The second-order valence-electron chi connectivity index (χ2n) is 9.02. The van der Waals surface area contributed by atoms with Crippen molar-refractivity contribution in [2.75, 3.05) is 43.5 Å². The number of nitrogens with one attached hydrogen (secondary N) is 2. The number of aromatic nitrogens is 3. The third kappa shape index (κ3) is 4.83. The molecular weight excluding hydrogens is 456 g/mol. The maximum absolute atomic E-state index is 12.3. The molecule has 0 atom stereocenters. The summed E-state index contributed by atoms with van der Waals surface area (Å²) < 4.78 is 13.2. The van der Waals surface area contributed by atoms with Crippen LogP contribution in [0.3, 0.4) is 0 Å². The Labute approximate surface area is 209 Å². The average molecular weight is 485 g/mol. The molecule has 2 N–H and O–H groups in total. The molecule has 1 saturated heterocycles. The summed E-state index contributed by atoms with van der Waals surface area (Å²) in [6, 6.07) is 19.3. The van der Waals surface area contributed by atoms with Crippen molar-refractivity contribution in [2.45, 2.75) is 19.3 Å². The van der Waals surface area contributed by atoms with E-state index in [0.29, 0.717) is 25.6 Å². The topological polar surface area (TPSA) is 93.0 Å². The fourth-order valence-corrected chi connectivity index (χ4v) is 4.63. The van der Waals surface area contributed by atoms with E-state index in [0.717, 1.165) is 59.4 Å². The van der Waals surface area contributed by atoms with Crippen LogP contribution in [-0.4, -0.2) is 58.3 Å². The van der Waals surface area contributed by atoms with Crippen molar-refractivity contribution >= 4 is 28.9 Å². The van der Waals surface area contributed by atoms with Crippen molar-refractivity contribution < 1.29 is 14.3 Å². The van der Waals surface area contributed by atoms with Gasteiger partial charge in [0.1, 0.15) is 13.2 Å². The van der Waals surface area contributed by atoms with Gasteiger partial charge in [0.2, 0.25) is 11.9 Å². The number of carbonyl (C=O) groups is 1. The largest absolute Gasteiger partial charge is 0.486 e. The Morgan fingerprint density at radius 3 is 2.53 bits per heavy atom. The minimum Gasteiger partial charge on any atom is -0.486 e.